The van der Waals surface area contributed by atoms with Gasteiger partial charge in [-0.3, -0.25) is 4.79 Å². The molecule has 2 rings (SSSR count). The summed E-state index contributed by atoms with van der Waals surface area (Å²) >= 11 is 1.66. The predicted octanol–water partition coefficient (Wildman–Crippen LogP) is 2.96. The van der Waals surface area contributed by atoms with Crippen molar-refractivity contribution in [2.45, 2.75) is 10.8 Å². The fourth-order valence-corrected chi connectivity index (χ4v) is 2.46. The van der Waals surface area contributed by atoms with Crippen molar-refractivity contribution in [2.24, 2.45) is 0 Å². The lowest BCUT2D eigenvalue weighted by molar-refractivity contribution is -0.119. The minimum Gasteiger partial charge on any atom is -0.375 e. The minimum absolute atomic E-state index is 0.0624. The number of anilines is 1. The van der Waals surface area contributed by atoms with Crippen molar-refractivity contribution < 1.29 is 9.53 Å². The number of ether oxygens (including phenoxy) is 1. The molecule has 1 aromatic heterocycles. The maximum Gasteiger partial charge on any atom is 0.250 e. The molecule has 0 spiro atoms. The van der Waals surface area contributed by atoms with Crippen LogP contribution in [0.1, 0.15) is 5.56 Å². The normalized spacial score (nSPS) is 10.2. The molecule has 0 fully saturated rings. The number of pyridine rings is 1. The maximum absolute atomic E-state index is 11.5. The summed E-state index contributed by atoms with van der Waals surface area (Å²) in [6, 6.07) is 13.6. The van der Waals surface area contributed by atoms with Crippen molar-refractivity contribution in [3.05, 3.63) is 54.2 Å². The highest BCUT2D eigenvalue weighted by Crippen LogP contribution is 2.21. The van der Waals surface area contributed by atoms with Crippen LogP contribution in [0.25, 0.3) is 0 Å². The van der Waals surface area contributed by atoms with E-state index in [0.29, 0.717) is 0 Å². The molecule has 0 unspecified atom stereocenters. The Kier molecular flexibility index (Phi) is 5.58. The van der Waals surface area contributed by atoms with Gasteiger partial charge in [0.05, 0.1) is 5.03 Å². The first-order chi connectivity index (χ1) is 9.78. The molecule has 4 nitrogen and oxygen atoms in total. The molecular weight excluding hydrogens is 272 g/mol. The first kappa shape index (κ1) is 14.6. The highest BCUT2D eigenvalue weighted by molar-refractivity contribution is 7.98. The number of hydrogen-bond donors (Lipinski definition) is 1. The number of nitrogens with one attached hydrogen (secondary N) is 1. The van der Waals surface area contributed by atoms with E-state index in [0.717, 1.165) is 22.0 Å². The zero-order valence-corrected chi connectivity index (χ0v) is 12.0. The Balaban J connectivity index is 1.94. The van der Waals surface area contributed by atoms with E-state index < -0.39 is 0 Å². The van der Waals surface area contributed by atoms with Crippen LogP contribution >= 0.6 is 11.8 Å². The molecule has 0 atom stereocenters. The Hall–Kier alpha value is -1.85. The SMILES string of the molecule is COCC(=O)Nc1cccc(CSc2ccccn2)c1. The molecule has 0 aliphatic carbocycles. The molecule has 1 aromatic carbocycles. The van der Waals surface area contributed by atoms with Gasteiger partial charge >= 0.3 is 0 Å². The van der Waals surface area contributed by atoms with E-state index in [2.05, 4.69) is 10.3 Å². The van der Waals surface area contributed by atoms with Gasteiger partial charge in [-0.15, -0.1) is 11.8 Å². The molecule has 0 bridgehead atoms. The molecule has 0 aliphatic heterocycles. The van der Waals surface area contributed by atoms with E-state index >= 15 is 0 Å². The predicted molar refractivity (Wildman–Crippen MR) is 80.7 cm³/mol. The summed E-state index contributed by atoms with van der Waals surface area (Å²) in [6.07, 6.45) is 1.78. The molecule has 1 amide bonds. The Morgan fingerprint density at radius 2 is 2.20 bits per heavy atom. The summed E-state index contributed by atoms with van der Waals surface area (Å²) in [4.78, 5) is 15.7. The average molecular weight is 288 g/mol. The van der Waals surface area contributed by atoms with Gasteiger partial charge in [0.2, 0.25) is 5.91 Å². The van der Waals surface area contributed by atoms with Crippen molar-refractivity contribution in [3.8, 4) is 0 Å². The number of carbonyl (C=O) groups excluding carboxylic acids is 1. The number of benzene rings is 1. The van der Waals surface area contributed by atoms with E-state index in [1.165, 1.54) is 7.11 Å². The van der Waals surface area contributed by atoms with Crippen LogP contribution in [0.15, 0.2) is 53.7 Å². The van der Waals surface area contributed by atoms with Crippen molar-refractivity contribution in [2.75, 3.05) is 19.0 Å². The van der Waals surface area contributed by atoms with E-state index in [4.69, 9.17) is 4.74 Å². The van der Waals surface area contributed by atoms with Crippen LogP contribution in [0.3, 0.4) is 0 Å². The quantitative estimate of drug-likeness (QED) is 0.830. The molecule has 0 aliphatic rings. The third-order valence-electron chi connectivity index (χ3n) is 2.51. The van der Waals surface area contributed by atoms with Crippen LogP contribution < -0.4 is 5.32 Å². The van der Waals surface area contributed by atoms with Gasteiger partial charge in [0.25, 0.3) is 0 Å². The molecule has 104 valence electrons. The van der Waals surface area contributed by atoms with E-state index in [-0.39, 0.29) is 12.5 Å². The Labute approximate surface area is 122 Å². The Bertz CT molecular complexity index is 561. The fourth-order valence-electron chi connectivity index (χ4n) is 1.66. The number of rotatable bonds is 6. The molecule has 0 saturated heterocycles. The van der Waals surface area contributed by atoms with Crippen LogP contribution in [-0.2, 0) is 15.3 Å². The Morgan fingerprint density at radius 3 is 2.95 bits per heavy atom. The zero-order chi connectivity index (χ0) is 14.2. The molecule has 5 heteroatoms. The number of carbonyl (C=O) groups is 1. The molecule has 1 heterocycles. The first-order valence-electron chi connectivity index (χ1n) is 6.19. The van der Waals surface area contributed by atoms with Crippen molar-refractivity contribution in [1.82, 2.24) is 4.98 Å². The number of aromatic nitrogens is 1. The van der Waals surface area contributed by atoms with Gasteiger partial charge in [0.1, 0.15) is 6.61 Å². The molecule has 0 saturated carbocycles. The van der Waals surface area contributed by atoms with Gasteiger partial charge in [-0.1, -0.05) is 18.2 Å². The highest BCUT2D eigenvalue weighted by Gasteiger charge is 2.03. The van der Waals surface area contributed by atoms with Gasteiger partial charge < -0.3 is 10.1 Å². The molecule has 20 heavy (non-hydrogen) atoms. The second-order valence-corrected chi connectivity index (χ2v) is 5.13. The summed E-state index contributed by atoms with van der Waals surface area (Å²) in [6.45, 7) is 0.0624. The highest BCUT2D eigenvalue weighted by atomic mass is 32.2. The molecular formula is C15H16N2O2S. The maximum atomic E-state index is 11.5. The number of thioether (sulfide) groups is 1. The van der Waals surface area contributed by atoms with Crippen LogP contribution in [0.4, 0.5) is 5.69 Å². The molecule has 0 radical (unpaired) electrons. The molecule has 2 aromatic rings. The van der Waals surface area contributed by atoms with Crippen molar-refractivity contribution >= 4 is 23.4 Å². The summed E-state index contributed by atoms with van der Waals surface area (Å²) in [7, 11) is 1.50. The average Bonchev–Trinajstić information content (AvgIpc) is 2.47. The monoisotopic (exact) mass is 288 g/mol. The van der Waals surface area contributed by atoms with Crippen molar-refractivity contribution in [1.29, 1.82) is 0 Å². The van der Waals surface area contributed by atoms with Gasteiger partial charge in [-0.25, -0.2) is 4.98 Å². The third-order valence-corrected chi connectivity index (χ3v) is 3.53. The van der Waals surface area contributed by atoms with Crippen LogP contribution in [0.2, 0.25) is 0 Å². The van der Waals surface area contributed by atoms with Gasteiger partial charge in [-0.2, -0.15) is 0 Å². The summed E-state index contributed by atoms with van der Waals surface area (Å²) in [5, 5.41) is 3.78. The van der Waals surface area contributed by atoms with E-state index in [1.54, 1.807) is 18.0 Å². The number of hydrogen-bond acceptors (Lipinski definition) is 4. The van der Waals surface area contributed by atoms with Crippen LogP contribution in [-0.4, -0.2) is 24.6 Å². The standard InChI is InChI=1S/C15H16N2O2S/c1-19-10-14(18)17-13-6-4-5-12(9-13)11-20-15-7-2-3-8-16-15/h2-9H,10-11H2,1H3,(H,17,18). The van der Waals surface area contributed by atoms with Crippen LogP contribution in [0, 0.1) is 0 Å². The van der Waals surface area contributed by atoms with E-state index in [9.17, 15) is 4.79 Å². The van der Waals surface area contributed by atoms with E-state index in [1.807, 2.05) is 42.5 Å². The van der Waals surface area contributed by atoms with Gasteiger partial charge in [-0.05, 0) is 29.8 Å². The second-order valence-electron chi connectivity index (χ2n) is 4.14. The number of amides is 1. The van der Waals surface area contributed by atoms with Gasteiger partial charge in [0.15, 0.2) is 0 Å². The lowest BCUT2D eigenvalue weighted by Gasteiger charge is -2.07. The Morgan fingerprint density at radius 1 is 1.30 bits per heavy atom. The smallest absolute Gasteiger partial charge is 0.250 e. The summed E-state index contributed by atoms with van der Waals surface area (Å²) in [5.41, 5.74) is 1.92. The summed E-state index contributed by atoms with van der Waals surface area (Å²) in [5.74, 6) is 0.660. The minimum atomic E-state index is -0.151. The van der Waals surface area contributed by atoms with Crippen molar-refractivity contribution in [3.63, 3.8) is 0 Å². The molecule has 1 N–H and O–H groups in total. The second kappa shape index (κ2) is 7.67. The zero-order valence-electron chi connectivity index (χ0n) is 11.2. The topological polar surface area (TPSA) is 51.2 Å². The number of methoxy groups -OCH3 is 1. The first-order valence-corrected chi connectivity index (χ1v) is 7.18. The fraction of sp³-hybridized carbons (Fsp3) is 0.200. The lowest BCUT2D eigenvalue weighted by Crippen LogP contribution is -2.17. The largest absolute Gasteiger partial charge is 0.375 e. The van der Waals surface area contributed by atoms with Crippen LogP contribution in [0.5, 0.6) is 0 Å². The summed E-state index contributed by atoms with van der Waals surface area (Å²) < 4.78 is 4.79. The number of nitrogens with zero attached hydrogens (tertiary/aromatic N) is 1. The van der Waals surface area contributed by atoms with Gasteiger partial charge in [0, 0.05) is 24.7 Å². The lowest BCUT2D eigenvalue weighted by atomic mass is 10.2. The third kappa shape index (κ3) is 4.68.